The molecule has 1 aliphatic heterocycles. The average Bonchev–Trinajstić information content (AvgIpc) is 3.10. The number of aromatic nitrogens is 2. The minimum absolute atomic E-state index is 0.0143. The smallest absolute Gasteiger partial charge is 0.276 e. The Morgan fingerprint density at radius 3 is 2.74 bits per heavy atom. The number of hydrogen-bond acceptors (Lipinski definition) is 5. The summed E-state index contributed by atoms with van der Waals surface area (Å²) in [5.74, 6) is 1.49. The standard InChI is InChI=1S/C21H28N4O2/c1-15-3-4-19-18(13-15)20(23-27-19)21(26)25(14-16-5-9-22-10-6-16)17-7-11-24(2)12-8-17/h5-6,9-10,15,17H,3-4,7-8,11-14H2,1-2H3. The fourth-order valence-electron chi connectivity index (χ4n) is 4.24. The normalized spacial score (nSPS) is 21.0. The van der Waals surface area contributed by atoms with Crippen LogP contribution in [0.15, 0.2) is 29.0 Å². The minimum Gasteiger partial charge on any atom is -0.360 e. The van der Waals surface area contributed by atoms with E-state index in [1.165, 1.54) is 0 Å². The molecule has 1 atom stereocenters. The van der Waals surface area contributed by atoms with Crippen LogP contribution in [0.3, 0.4) is 0 Å². The predicted octanol–water partition coefficient (Wildman–Crippen LogP) is 2.93. The Kier molecular flexibility index (Phi) is 5.25. The van der Waals surface area contributed by atoms with Crippen LogP contribution in [0.1, 0.15) is 53.6 Å². The van der Waals surface area contributed by atoms with Gasteiger partial charge in [-0.3, -0.25) is 9.78 Å². The molecule has 4 rings (SSSR count). The van der Waals surface area contributed by atoms with Gasteiger partial charge >= 0.3 is 0 Å². The minimum atomic E-state index is 0.0143. The van der Waals surface area contributed by atoms with Crippen LogP contribution in [-0.4, -0.2) is 52.0 Å². The molecule has 2 aliphatic rings. The fourth-order valence-corrected chi connectivity index (χ4v) is 4.24. The van der Waals surface area contributed by atoms with Gasteiger partial charge in [0.25, 0.3) is 5.91 Å². The van der Waals surface area contributed by atoms with Crippen molar-refractivity contribution in [2.45, 2.75) is 51.6 Å². The van der Waals surface area contributed by atoms with E-state index in [9.17, 15) is 4.79 Å². The molecule has 144 valence electrons. The Bertz CT molecular complexity index is 781. The van der Waals surface area contributed by atoms with Crippen LogP contribution in [0, 0.1) is 5.92 Å². The van der Waals surface area contributed by atoms with Crippen LogP contribution < -0.4 is 0 Å². The summed E-state index contributed by atoms with van der Waals surface area (Å²) in [6.45, 7) is 4.85. The summed E-state index contributed by atoms with van der Waals surface area (Å²) >= 11 is 0. The number of nitrogens with zero attached hydrogens (tertiary/aromatic N) is 4. The molecule has 6 heteroatoms. The lowest BCUT2D eigenvalue weighted by Gasteiger charge is -2.37. The van der Waals surface area contributed by atoms with Crippen molar-refractivity contribution < 1.29 is 9.32 Å². The van der Waals surface area contributed by atoms with E-state index in [0.29, 0.717) is 18.2 Å². The van der Waals surface area contributed by atoms with Crippen molar-refractivity contribution in [2.24, 2.45) is 5.92 Å². The number of hydrogen-bond donors (Lipinski definition) is 0. The van der Waals surface area contributed by atoms with Crippen molar-refractivity contribution in [3.63, 3.8) is 0 Å². The van der Waals surface area contributed by atoms with E-state index in [-0.39, 0.29) is 11.9 Å². The van der Waals surface area contributed by atoms with Gasteiger partial charge in [0.2, 0.25) is 0 Å². The zero-order chi connectivity index (χ0) is 18.8. The molecule has 1 unspecified atom stereocenters. The van der Waals surface area contributed by atoms with Crippen molar-refractivity contribution in [1.82, 2.24) is 19.9 Å². The predicted molar refractivity (Wildman–Crippen MR) is 102 cm³/mol. The Morgan fingerprint density at radius 2 is 2.00 bits per heavy atom. The van der Waals surface area contributed by atoms with Crippen molar-refractivity contribution in [3.05, 3.63) is 47.1 Å². The lowest BCUT2D eigenvalue weighted by Crippen LogP contribution is -2.46. The molecule has 1 amide bonds. The number of pyridine rings is 1. The van der Waals surface area contributed by atoms with Gasteiger partial charge < -0.3 is 14.3 Å². The molecule has 2 aromatic heterocycles. The first-order valence-electron chi connectivity index (χ1n) is 9.97. The number of piperidine rings is 1. The molecule has 1 aliphatic carbocycles. The van der Waals surface area contributed by atoms with Crippen LogP contribution >= 0.6 is 0 Å². The van der Waals surface area contributed by atoms with Gasteiger partial charge in [0.05, 0.1) is 0 Å². The number of amides is 1. The number of fused-ring (bicyclic) bond motifs is 1. The van der Waals surface area contributed by atoms with E-state index in [2.05, 4.69) is 29.0 Å². The molecule has 0 bridgehead atoms. The van der Waals surface area contributed by atoms with Gasteiger partial charge in [-0.15, -0.1) is 0 Å². The second-order valence-electron chi connectivity index (χ2n) is 8.10. The van der Waals surface area contributed by atoms with Gasteiger partial charge in [0, 0.05) is 37.0 Å². The summed E-state index contributed by atoms with van der Waals surface area (Å²) in [7, 11) is 2.14. The lowest BCUT2D eigenvalue weighted by atomic mass is 9.88. The van der Waals surface area contributed by atoms with Gasteiger partial charge in [-0.05, 0) is 69.4 Å². The molecule has 6 nitrogen and oxygen atoms in total. The second kappa shape index (κ2) is 7.80. The van der Waals surface area contributed by atoms with E-state index in [1.54, 1.807) is 12.4 Å². The first-order valence-corrected chi connectivity index (χ1v) is 9.97. The number of carbonyl (C=O) groups excluding carboxylic acids is 1. The Labute approximate surface area is 160 Å². The molecule has 27 heavy (non-hydrogen) atoms. The van der Waals surface area contributed by atoms with Crippen LogP contribution in [0.5, 0.6) is 0 Å². The van der Waals surface area contributed by atoms with Gasteiger partial charge in [0.1, 0.15) is 5.76 Å². The molecule has 3 heterocycles. The number of aryl methyl sites for hydroxylation is 1. The summed E-state index contributed by atoms with van der Waals surface area (Å²) in [6, 6.07) is 4.20. The molecule has 0 saturated carbocycles. The molecular weight excluding hydrogens is 340 g/mol. The Balaban J connectivity index is 1.62. The van der Waals surface area contributed by atoms with Crippen LogP contribution in [0.2, 0.25) is 0 Å². The van der Waals surface area contributed by atoms with Crippen molar-refractivity contribution in [2.75, 3.05) is 20.1 Å². The van der Waals surface area contributed by atoms with Crippen molar-refractivity contribution >= 4 is 5.91 Å². The summed E-state index contributed by atoms with van der Waals surface area (Å²) < 4.78 is 5.55. The third kappa shape index (κ3) is 3.90. The van der Waals surface area contributed by atoms with E-state index in [1.807, 2.05) is 17.0 Å². The zero-order valence-corrected chi connectivity index (χ0v) is 16.2. The lowest BCUT2D eigenvalue weighted by molar-refractivity contribution is 0.0558. The maximum atomic E-state index is 13.5. The molecule has 0 N–H and O–H groups in total. The Hall–Kier alpha value is -2.21. The summed E-state index contributed by atoms with van der Waals surface area (Å²) in [6.07, 6.45) is 8.42. The SMILES string of the molecule is CC1CCc2onc(C(=O)N(Cc3ccncc3)C3CCN(C)CC3)c2C1. The molecule has 1 fully saturated rings. The van der Waals surface area contributed by atoms with Crippen LogP contribution in [-0.2, 0) is 19.4 Å². The first-order chi connectivity index (χ1) is 13.1. The van der Waals surface area contributed by atoms with Gasteiger partial charge in [0.15, 0.2) is 5.69 Å². The van der Waals surface area contributed by atoms with E-state index in [0.717, 1.165) is 62.1 Å². The van der Waals surface area contributed by atoms with Gasteiger partial charge in [-0.25, -0.2) is 0 Å². The highest BCUT2D eigenvalue weighted by Crippen LogP contribution is 2.30. The number of rotatable bonds is 4. The first kappa shape index (κ1) is 18.2. The molecular formula is C21H28N4O2. The maximum absolute atomic E-state index is 13.5. The van der Waals surface area contributed by atoms with E-state index in [4.69, 9.17) is 4.52 Å². The summed E-state index contributed by atoms with van der Waals surface area (Å²) in [4.78, 5) is 22.0. The molecule has 1 saturated heterocycles. The molecule has 0 radical (unpaired) electrons. The van der Waals surface area contributed by atoms with Crippen molar-refractivity contribution in [1.29, 1.82) is 0 Å². The zero-order valence-electron chi connectivity index (χ0n) is 16.2. The topological polar surface area (TPSA) is 62.5 Å². The Morgan fingerprint density at radius 1 is 1.26 bits per heavy atom. The monoisotopic (exact) mass is 368 g/mol. The largest absolute Gasteiger partial charge is 0.360 e. The van der Waals surface area contributed by atoms with Crippen molar-refractivity contribution in [3.8, 4) is 0 Å². The quantitative estimate of drug-likeness (QED) is 0.830. The molecule has 0 spiro atoms. The van der Waals surface area contributed by atoms with Gasteiger partial charge in [-0.1, -0.05) is 12.1 Å². The highest BCUT2D eigenvalue weighted by molar-refractivity contribution is 5.94. The molecule has 2 aromatic rings. The average molecular weight is 368 g/mol. The summed E-state index contributed by atoms with van der Waals surface area (Å²) in [5.41, 5.74) is 2.67. The molecule has 0 aromatic carbocycles. The van der Waals surface area contributed by atoms with E-state index >= 15 is 0 Å². The van der Waals surface area contributed by atoms with E-state index < -0.39 is 0 Å². The van der Waals surface area contributed by atoms with Crippen LogP contribution in [0.25, 0.3) is 0 Å². The number of carbonyl (C=O) groups is 1. The third-order valence-electron chi connectivity index (χ3n) is 5.98. The highest BCUT2D eigenvalue weighted by Gasteiger charge is 2.33. The summed E-state index contributed by atoms with van der Waals surface area (Å²) in [5, 5.41) is 4.22. The maximum Gasteiger partial charge on any atom is 0.276 e. The second-order valence-corrected chi connectivity index (χ2v) is 8.10. The van der Waals surface area contributed by atoms with Gasteiger partial charge in [-0.2, -0.15) is 0 Å². The third-order valence-corrected chi connectivity index (χ3v) is 5.98. The highest BCUT2D eigenvalue weighted by atomic mass is 16.5. The van der Waals surface area contributed by atoms with Crippen LogP contribution in [0.4, 0.5) is 0 Å². The fraction of sp³-hybridized carbons (Fsp3) is 0.571. The number of likely N-dealkylation sites (tertiary alicyclic amines) is 1.